The second kappa shape index (κ2) is 5.17. The molecule has 1 atom stereocenters. The summed E-state index contributed by atoms with van der Waals surface area (Å²) in [5, 5.41) is 4.37. The lowest BCUT2D eigenvalue weighted by molar-refractivity contribution is 0.314. The fourth-order valence-corrected chi connectivity index (χ4v) is 2.91. The van der Waals surface area contributed by atoms with Crippen molar-refractivity contribution in [2.24, 2.45) is 0 Å². The second-order valence-electron chi connectivity index (χ2n) is 4.84. The number of nitrogens with one attached hydrogen (secondary N) is 1. The van der Waals surface area contributed by atoms with E-state index in [1.165, 1.54) is 5.69 Å². The number of piperazine rings is 1. The van der Waals surface area contributed by atoms with E-state index in [2.05, 4.69) is 46.1 Å². The molecule has 1 aliphatic heterocycles. The summed E-state index contributed by atoms with van der Waals surface area (Å²) in [6.45, 7) is 7.56. The topological polar surface area (TPSA) is 15.3 Å². The zero-order valence-electron chi connectivity index (χ0n) is 10.3. The monoisotopic (exact) mass is 316 g/mol. The van der Waals surface area contributed by atoms with Crippen LogP contribution in [-0.2, 0) is 0 Å². The van der Waals surface area contributed by atoms with Gasteiger partial charge in [-0.1, -0.05) is 24.6 Å². The van der Waals surface area contributed by atoms with Crippen molar-refractivity contribution >= 4 is 33.2 Å². The van der Waals surface area contributed by atoms with Crippen LogP contribution in [0.5, 0.6) is 0 Å². The maximum absolute atomic E-state index is 6.15. The van der Waals surface area contributed by atoms with Crippen LogP contribution < -0.4 is 10.2 Å². The molecule has 0 radical (unpaired) electrons. The molecule has 2 nitrogen and oxygen atoms in total. The third-order valence-corrected chi connectivity index (χ3v) is 4.90. The van der Waals surface area contributed by atoms with Crippen molar-refractivity contribution < 1.29 is 0 Å². The van der Waals surface area contributed by atoms with E-state index in [1.54, 1.807) is 0 Å². The van der Waals surface area contributed by atoms with E-state index in [1.807, 2.05) is 12.1 Å². The lowest BCUT2D eigenvalue weighted by Crippen LogP contribution is -2.58. The number of hydrogen-bond donors (Lipinski definition) is 1. The molecule has 2 rings (SSSR count). The molecule has 0 bridgehead atoms. The quantitative estimate of drug-likeness (QED) is 0.895. The molecule has 4 heteroatoms. The molecule has 0 amide bonds. The van der Waals surface area contributed by atoms with Gasteiger partial charge in [0.1, 0.15) is 0 Å². The van der Waals surface area contributed by atoms with Gasteiger partial charge in [0.25, 0.3) is 0 Å². The van der Waals surface area contributed by atoms with Crippen molar-refractivity contribution in [3.63, 3.8) is 0 Å². The SMILES string of the molecule is CCC1(C)CN(c2cccc(Cl)c2Br)CCN1. The minimum atomic E-state index is 0.194. The molecule has 17 heavy (non-hydrogen) atoms. The summed E-state index contributed by atoms with van der Waals surface area (Å²) >= 11 is 9.73. The van der Waals surface area contributed by atoms with Gasteiger partial charge in [0.05, 0.1) is 15.2 Å². The molecular formula is C13H18BrClN2. The number of benzene rings is 1. The van der Waals surface area contributed by atoms with E-state index in [0.29, 0.717) is 0 Å². The maximum Gasteiger partial charge on any atom is 0.0595 e. The Balaban J connectivity index is 2.25. The Morgan fingerprint density at radius 3 is 3.00 bits per heavy atom. The summed E-state index contributed by atoms with van der Waals surface area (Å²) in [7, 11) is 0. The molecule has 1 fully saturated rings. The van der Waals surface area contributed by atoms with Gasteiger partial charge >= 0.3 is 0 Å². The first-order valence-corrected chi connectivity index (χ1v) is 7.17. The Kier molecular flexibility index (Phi) is 4.01. The van der Waals surface area contributed by atoms with Crippen molar-refractivity contribution in [1.29, 1.82) is 0 Å². The third-order valence-electron chi connectivity index (χ3n) is 3.53. The predicted octanol–water partition coefficient (Wildman–Crippen LogP) is 3.68. The predicted molar refractivity (Wildman–Crippen MR) is 78.1 cm³/mol. The average molecular weight is 318 g/mol. The first-order chi connectivity index (χ1) is 8.06. The summed E-state index contributed by atoms with van der Waals surface area (Å²) < 4.78 is 1.00. The fraction of sp³-hybridized carbons (Fsp3) is 0.538. The van der Waals surface area contributed by atoms with Gasteiger partial charge in [-0.25, -0.2) is 0 Å². The van der Waals surface area contributed by atoms with E-state index in [9.17, 15) is 0 Å². The molecule has 0 saturated carbocycles. The van der Waals surface area contributed by atoms with E-state index < -0.39 is 0 Å². The minimum absolute atomic E-state index is 0.194. The Hall–Kier alpha value is -0.250. The highest BCUT2D eigenvalue weighted by atomic mass is 79.9. The Morgan fingerprint density at radius 2 is 2.29 bits per heavy atom. The fourth-order valence-electron chi connectivity index (χ4n) is 2.23. The molecule has 1 unspecified atom stereocenters. The Bertz CT molecular complexity index is 410. The van der Waals surface area contributed by atoms with Gasteiger partial charge in [0, 0.05) is 25.2 Å². The van der Waals surface area contributed by atoms with Gasteiger partial charge in [0.2, 0.25) is 0 Å². The van der Waals surface area contributed by atoms with Crippen LogP contribution in [0.3, 0.4) is 0 Å². The summed E-state index contributed by atoms with van der Waals surface area (Å²) in [5.41, 5.74) is 1.39. The van der Waals surface area contributed by atoms with Crippen LogP contribution >= 0.6 is 27.5 Å². The highest BCUT2D eigenvalue weighted by Crippen LogP contribution is 2.34. The second-order valence-corrected chi connectivity index (χ2v) is 6.04. The number of nitrogens with zero attached hydrogens (tertiary/aromatic N) is 1. The zero-order chi connectivity index (χ0) is 12.5. The number of rotatable bonds is 2. The first-order valence-electron chi connectivity index (χ1n) is 6.00. The minimum Gasteiger partial charge on any atom is -0.367 e. The van der Waals surface area contributed by atoms with Gasteiger partial charge in [-0.3, -0.25) is 0 Å². The molecule has 1 N–H and O–H groups in total. The molecule has 1 heterocycles. The highest BCUT2D eigenvalue weighted by Gasteiger charge is 2.29. The Morgan fingerprint density at radius 1 is 1.53 bits per heavy atom. The van der Waals surface area contributed by atoms with Crippen molar-refractivity contribution in [3.8, 4) is 0 Å². The number of anilines is 1. The van der Waals surface area contributed by atoms with Crippen LogP contribution in [0.1, 0.15) is 20.3 Å². The van der Waals surface area contributed by atoms with Gasteiger partial charge in [-0.05, 0) is 41.4 Å². The standard InChI is InChI=1S/C13H18BrClN2/c1-3-13(2)9-17(8-7-16-13)11-6-4-5-10(15)12(11)14/h4-6,16H,3,7-9H2,1-2H3. The molecular weight excluding hydrogens is 300 g/mol. The van der Waals surface area contributed by atoms with Crippen LogP contribution in [0.25, 0.3) is 0 Å². The van der Waals surface area contributed by atoms with Crippen molar-refractivity contribution in [3.05, 3.63) is 27.7 Å². The van der Waals surface area contributed by atoms with Gasteiger partial charge in [0.15, 0.2) is 0 Å². The maximum atomic E-state index is 6.15. The lowest BCUT2D eigenvalue weighted by Gasteiger charge is -2.42. The van der Waals surface area contributed by atoms with E-state index in [-0.39, 0.29) is 5.54 Å². The summed E-state index contributed by atoms with van der Waals surface area (Å²) in [5.74, 6) is 0. The van der Waals surface area contributed by atoms with Crippen molar-refractivity contribution in [1.82, 2.24) is 5.32 Å². The van der Waals surface area contributed by atoms with Crippen LogP contribution in [0.15, 0.2) is 22.7 Å². The smallest absolute Gasteiger partial charge is 0.0595 e. The first kappa shape index (κ1) is 13.2. The molecule has 0 aliphatic carbocycles. The molecule has 1 saturated heterocycles. The zero-order valence-corrected chi connectivity index (χ0v) is 12.6. The summed E-state index contributed by atoms with van der Waals surface area (Å²) in [6, 6.07) is 6.04. The number of hydrogen-bond acceptors (Lipinski definition) is 2. The van der Waals surface area contributed by atoms with Gasteiger partial charge in [-0.2, -0.15) is 0 Å². The summed E-state index contributed by atoms with van der Waals surface area (Å²) in [6.07, 6.45) is 1.13. The van der Waals surface area contributed by atoms with E-state index >= 15 is 0 Å². The van der Waals surface area contributed by atoms with Crippen molar-refractivity contribution in [2.75, 3.05) is 24.5 Å². The van der Waals surface area contributed by atoms with E-state index in [0.717, 1.165) is 35.6 Å². The van der Waals surface area contributed by atoms with Crippen LogP contribution in [0.4, 0.5) is 5.69 Å². The van der Waals surface area contributed by atoms with Gasteiger partial charge < -0.3 is 10.2 Å². The van der Waals surface area contributed by atoms with E-state index in [4.69, 9.17) is 11.6 Å². The summed E-state index contributed by atoms with van der Waals surface area (Å²) in [4.78, 5) is 2.40. The molecule has 1 aromatic rings. The Labute approximate surface area is 116 Å². The molecule has 1 aliphatic rings. The third kappa shape index (κ3) is 2.78. The molecule has 0 aromatic heterocycles. The lowest BCUT2D eigenvalue weighted by atomic mass is 9.95. The normalized spacial score (nSPS) is 25.1. The van der Waals surface area contributed by atoms with Crippen molar-refractivity contribution in [2.45, 2.75) is 25.8 Å². The highest BCUT2D eigenvalue weighted by molar-refractivity contribution is 9.10. The number of halogens is 2. The average Bonchev–Trinajstić information content (AvgIpc) is 2.33. The molecule has 94 valence electrons. The largest absolute Gasteiger partial charge is 0.367 e. The van der Waals surface area contributed by atoms with Gasteiger partial charge in [-0.15, -0.1) is 0 Å². The molecule has 1 aromatic carbocycles. The van der Waals surface area contributed by atoms with Crippen LogP contribution in [-0.4, -0.2) is 25.2 Å². The van der Waals surface area contributed by atoms with Crippen LogP contribution in [0, 0.1) is 0 Å². The molecule has 0 spiro atoms. The van der Waals surface area contributed by atoms with Crippen LogP contribution in [0.2, 0.25) is 5.02 Å².